The zero-order valence-electron chi connectivity index (χ0n) is 18.7. The fourth-order valence-electron chi connectivity index (χ4n) is 4.06. The third-order valence-electron chi connectivity index (χ3n) is 5.76. The number of ether oxygens (including phenoxy) is 2. The summed E-state index contributed by atoms with van der Waals surface area (Å²) in [7, 11) is 1.66. The molecular weight excluding hydrogens is 430 g/mol. The molecular formula is C26H25N5O3. The number of fused-ring (bicyclic) bond motifs is 1. The molecule has 0 unspecified atom stereocenters. The minimum absolute atomic E-state index is 0.0257. The maximum Gasteiger partial charge on any atom is 0.264 e. The fourth-order valence-corrected chi connectivity index (χ4v) is 4.06. The van der Waals surface area contributed by atoms with E-state index in [1.54, 1.807) is 19.2 Å². The average Bonchev–Trinajstić information content (AvgIpc) is 3.30. The van der Waals surface area contributed by atoms with E-state index in [-0.39, 0.29) is 30.5 Å². The molecule has 0 fully saturated rings. The van der Waals surface area contributed by atoms with E-state index in [2.05, 4.69) is 32.8 Å². The number of benzene rings is 3. The van der Waals surface area contributed by atoms with E-state index < -0.39 is 0 Å². The van der Waals surface area contributed by atoms with Gasteiger partial charge < -0.3 is 14.8 Å². The molecule has 8 heteroatoms. The molecule has 2 atom stereocenters. The lowest BCUT2D eigenvalue weighted by atomic mass is 9.93. The molecule has 0 saturated heterocycles. The van der Waals surface area contributed by atoms with Crippen LogP contribution in [-0.4, -0.2) is 34.4 Å². The van der Waals surface area contributed by atoms with Gasteiger partial charge in [-0.2, -0.15) is 4.98 Å². The third-order valence-corrected chi connectivity index (χ3v) is 5.76. The van der Waals surface area contributed by atoms with Crippen molar-refractivity contribution in [2.75, 3.05) is 24.4 Å². The molecule has 8 nitrogen and oxygen atoms in total. The Balaban J connectivity index is 1.37. The van der Waals surface area contributed by atoms with Crippen LogP contribution < -0.4 is 20.1 Å². The molecule has 0 spiro atoms. The Morgan fingerprint density at radius 2 is 1.68 bits per heavy atom. The Kier molecular flexibility index (Phi) is 6.11. The minimum atomic E-state index is -0.324. The van der Waals surface area contributed by atoms with Crippen LogP contribution in [0.1, 0.15) is 29.6 Å². The van der Waals surface area contributed by atoms with Gasteiger partial charge in [0, 0.05) is 0 Å². The highest BCUT2D eigenvalue weighted by molar-refractivity contribution is 5.90. The van der Waals surface area contributed by atoms with Gasteiger partial charge in [0.05, 0.1) is 19.2 Å². The second-order valence-corrected chi connectivity index (χ2v) is 7.99. The van der Waals surface area contributed by atoms with Crippen molar-refractivity contribution in [3.05, 3.63) is 96.1 Å². The van der Waals surface area contributed by atoms with Crippen molar-refractivity contribution in [3.8, 4) is 11.5 Å². The van der Waals surface area contributed by atoms with Crippen molar-refractivity contribution in [1.82, 2.24) is 14.8 Å². The third kappa shape index (κ3) is 4.71. The number of hydrogen-bond donors (Lipinski definition) is 2. The second kappa shape index (κ2) is 9.66. The first-order valence-electron chi connectivity index (χ1n) is 11.1. The summed E-state index contributed by atoms with van der Waals surface area (Å²) in [5.74, 6) is 1.95. The summed E-state index contributed by atoms with van der Waals surface area (Å²) in [4.78, 5) is 17.0. The fraction of sp³-hybridized carbons (Fsp3) is 0.192. The molecule has 0 bridgehead atoms. The van der Waals surface area contributed by atoms with E-state index in [0.717, 1.165) is 23.3 Å². The lowest BCUT2D eigenvalue weighted by Gasteiger charge is -2.31. The zero-order valence-corrected chi connectivity index (χ0v) is 18.7. The van der Waals surface area contributed by atoms with Crippen molar-refractivity contribution in [2.45, 2.75) is 18.5 Å². The van der Waals surface area contributed by atoms with Gasteiger partial charge in [-0.15, -0.1) is 5.10 Å². The molecule has 1 aromatic heterocycles. The van der Waals surface area contributed by atoms with E-state index in [0.29, 0.717) is 11.7 Å². The van der Waals surface area contributed by atoms with Crippen molar-refractivity contribution in [1.29, 1.82) is 0 Å². The summed E-state index contributed by atoms with van der Waals surface area (Å²) in [5.41, 5.74) is 2.25. The smallest absolute Gasteiger partial charge is 0.264 e. The number of hydrogen-bond acceptors (Lipinski definition) is 6. The summed E-state index contributed by atoms with van der Waals surface area (Å²) >= 11 is 0. The number of anilines is 2. The number of carbonyl (C=O) groups is 1. The van der Waals surface area contributed by atoms with Crippen LogP contribution in [0, 0.1) is 0 Å². The quantitative estimate of drug-likeness (QED) is 0.428. The molecule has 34 heavy (non-hydrogen) atoms. The molecule has 0 aliphatic carbocycles. The van der Waals surface area contributed by atoms with Gasteiger partial charge in [-0.1, -0.05) is 60.7 Å². The Hall–Kier alpha value is -4.33. The molecule has 2 N–H and O–H groups in total. The first-order valence-corrected chi connectivity index (χ1v) is 11.1. The summed E-state index contributed by atoms with van der Waals surface area (Å²) in [6, 6.07) is 27.4. The van der Waals surface area contributed by atoms with Gasteiger partial charge >= 0.3 is 0 Å². The van der Waals surface area contributed by atoms with E-state index in [4.69, 9.17) is 9.47 Å². The molecule has 1 aliphatic heterocycles. The molecule has 5 rings (SSSR count). The predicted molar refractivity (Wildman–Crippen MR) is 129 cm³/mol. The van der Waals surface area contributed by atoms with Crippen LogP contribution >= 0.6 is 0 Å². The Labute approximate surface area is 197 Å². The topological polar surface area (TPSA) is 90.3 Å². The maximum atomic E-state index is 12.4. The van der Waals surface area contributed by atoms with Crippen molar-refractivity contribution < 1.29 is 14.3 Å². The van der Waals surface area contributed by atoms with Gasteiger partial charge in [-0.25, -0.2) is 4.68 Å². The number of methoxy groups -OCH3 is 1. The summed E-state index contributed by atoms with van der Waals surface area (Å²) < 4.78 is 12.7. The van der Waals surface area contributed by atoms with Gasteiger partial charge in [0.25, 0.3) is 11.9 Å². The molecule has 4 aromatic rings. The molecule has 1 amide bonds. The molecule has 1 aliphatic rings. The van der Waals surface area contributed by atoms with Gasteiger partial charge in [0.15, 0.2) is 6.61 Å². The first kappa shape index (κ1) is 21.5. The SMILES string of the molecule is COc1ccc([C@H]2C[C@H](c3ccccc3)n3nc(NC(=O)COc4ccccc4)nc3N2)cc1. The van der Waals surface area contributed by atoms with Crippen LogP contribution in [-0.2, 0) is 4.79 Å². The van der Waals surface area contributed by atoms with Crippen LogP contribution in [0.15, 0.2) is 84.9 Å². The normalized spacial score (nSPS) is 16.7. The maximum absolute atomic E-state index is 12.4. The molecule has 0 radical (unpaired) electrons. The zero-order chi connectivity index (χ0) is 23.3. The first-order chi connectivity index (χ1) is 16.7. The van der Waals surface area contributed by atoms with Gasteiger partial charge in [-0.3, -0.25) is 10.1 Å². The van der Waals surface area contributed by atoms with Crippen molar-refractivity contribution >= 4 is 17.8 Å². The van der Waals surface area contributed by atoms with E-state index in [9.17, 15) is 4.79 Å². The molecule has 172 valence electrons. The minimum Gasteiger partial charge on any atom is -0.497 e. The van der Waals surface area contributed by atoms with Gasteiger partial charge in [0.1, 0.15) is 11.5 Å². The number of nitrogens with zero attached hydrogens (tertiary/aromatic N) is 3. The van der Waals surface area contributed by atoms with Gasteiger partial charge in [-0.05, 0) is 41.8 Å². The number of rotatable bonds is 7. The highest BCUT2D eigenvalue weighted by Crippen LogP contribution is 2.38. The number of carbonyl (C=O) groups excluding carboxylic acids is 1. The van der Waals surface area contributed by atoms with E-state index in [1.165, 1.54) is 0 Å². The number of amides is 1. The predicted octanol–water partition coefficient (Wildman–Crippen LogP) is 4.45. The van der Waals surface area contributed by atoms with E-state index >= 15 is 0 Å². The van der Waals surface area contributed by atoms with Crippen LogP contribution in [0.3, 0.4) is 0 Å². The number of nitrogens with one attached hydrogen (secondary N) is 2. The largest absolute Gasteiger partial charge is 0.497 e. The number of aromatic nitrogens is 3. The van der Waals surface area contributed by atoms with Gasteiger partial charge in [0.2, 0.25) is 5.95 Å². The lowest BCUT2D eigenvalue weighted by Crippen LogP contribution is -2.28. The van der Waals surface area contributed by atoms with Crippen molar-refractivity contribution in [3.63, 3.8) is 0 Å². The highest BCUT2D eigenvalue weighted by atomic mass is 16.5. The summed E-state index contributed by atoms with van der Waals surface area (Å²) in [6.07, 6.45) is 0.775. The Bertz CT molecular complexity index is 1240. The number of para-hydroxylation sites is 1. The lowest BCUT2D eigenvalue weighted by molar-refractivity contribution is -0.118. The average molecular weight is 456 g/mol. The van der Waals surface area contributed by atoms with E-state index in [1.807, 2.05) is 65.3 Å². The van der Waals surface area contributed by atoms with Crippen LogP contribution in [0.2, 0.25) is 0 Å². The highest BCUT2D eigenvalue weighted by Gasteiger charge is 2.31. The Morgan fingerprint density at radius 3 is 2.38 bits per heavy atom. The van der Waals surface area contributed by atoms with Crippen LogP contribution in [0.25, 0.3) is 0 Å². The summed E-state index contributed by atoms with van der Waals surface area (Å²) in [5, 5.41) is 10.8. The van der Waals surface area contributed by atoms with Crippen LogP contribution in [0.4, 0.5) is 11.9 Å². The molecule has 0 saturated carbocycles. The van der Waals surface area contributed by atoms with Crippen LogP contribution in [0.5, 0.6) is 11.5 Å². The Morgan fingerprint density at radius 1 is 0.971 bits per heavy atom. The monoisotopic (exact) mass is 455 g/mol. The van der Waals surface area contributed by atoms with Crippen molar-refractivity contribution in [2.24, 2.45) is 0 Å². The molecule has 3 aromatic carbocycles. The standard InChI is InChI=1S/C26H25N5O3/c1-33-20-14-12-18(13-15-20)22-16-23(19-8-4-2-5-9-19)31-26(27-22)29-25(30-31)28-24(32)17-34-21-10-6-3-7-11-21/h2-15,22-23H,16-17H2,1H3,(H2,27,28,29,30,32)/t22-,23-/m1/s1. The second-order valence-electron chi connectivity index (χ2n) is 7.99. The summed E-state index contributed by atoms with van der Waals surface area (Å²) in [6.45, 7) is -0.127. The molecule has 2 heterocycles.